The van der Waals surface area contributed by atoms with E-state index in [1.54, 1.807) is 0 Å². The van der Waals surface area contributed by atoms with Crippen molar-refractivity contribution in [3.8, 4) is 0 Å². The molecule has 0 radical (unpaired) electrons. The minimum Gasteiger partial charge on any atom is -0.379 e. The number of ether oxygens (including phenoxy) is 1. The normalized spacial score (nSPS) is 24.2. The number of hydrogen-bond acceptors (Lipinski definition) is 4. The van der Waals surface area contributed by atoms with Crippen LogP contribution in [0.4, 0.5) is 0 Å². The Labute approximate surface area is 145 Å². The fourth-order valence-electron chi connectivity index (χ4n) is 3.52. The number of likely N-dealkylation sites (tertiary alicyclic amines) is 1. The van der Waals surface area contributed by atoms with Gasteiger partial charge in [0.1, 0.15) is 0 Å². The van der Waals surface area contributed by atoms with Gasteiger partial charge in [-0.05, 0) is 54.8 Å². The van der Waals surface area contributed by atoms with Gasteiger partial charge in [0.2, 0.25) is 0 Å². The lowest BCUT2D eigenvalue weighted by Crippen LogP contribution is -2.37. The summed E-state index contributed by atoms with van der Waals surface area (Å²) >= 11 is 1.91. The van der Waals surface area contributed by atoms with Crippen LogP contribution in [0, 0.1) is 11.8 Å². The lowest BCUT2D eigenvalue weighted by Gasteiger charge is -2.35. The SMILES string of the molecule is CC(C)C1CCCN(Cc2ccccc2SN2CCOCC2)C1. The molecule has 1 atom stereocenters. The Morgan fingerprint density at radius 2 is 1.96 bits per heavy atom. The smallest absolute Gasteiger partial charge is 0.0603 e. The number of nitrogens with zero attached hydrogens (tertiary/aromatic N) is 2. The third-order valence-electron chi connectivity index (χ3n) is 5.05. The van der Waals surface area contributed by atoms with E-state index in [0.717, 1.165) is 44.7 Å². The molecule has 1 aromatic rings. The lowest BCUT2D eigenvalue weighted by atomic mass is 9.88. The van der Waals surface area contributed by atoms with Gasteiger partial charge < -0.3 is 4.74 Å². The van der Waals surface area contributed by atoms with E-state index in [4.69, 9.17) is 4.74 Å². The van der Waals surface area contributed by atoms with Crippen LogP contribution in [0.2, 0.25) is 0 Å². The molecule has 0 N–H and O–H groups in total. The van der Waals surface area contributed by atoms with Crippen LogP contribution in [0.15, 0.2) is 29.2 Å². The van der Waals surface area contributed by atoms with Gasteiger partial charge in [-0.15, -0.1) is 0 Å². The van der Waals surface area contributed by atoms with Gasteiger partial charge >= 0.3 is 0 Å². The number of morpholine rings is 1. The summed E-state index contributed by atoms with van der Waals surface area (Å²) in [6, 6.07) is 8.93. The van der Waals surface area contributed by atoms with Gasteiger partial charge in [-0.2, -0.15) is 0 Å². The highest BCUT2D eigenvalue weighted by molar-refractivity contribution is 7.97. The van der Waals surface area contributed by atoms with Crippen molar-refractivity contribution in [2.45, 2.75) is 38.1 Å². The van der Waals surface area contributed by atoms with E-state index in [1.165, 1.54) is 36.4 Å². The van der Waals surface area contributed by atoms with Gasteiger partial charge in [0, 0.05) is 31.1 Å². The molecule has 23 heavy (non-hydrogen) atoms. The fraction of sp³-hybridized carbons (Fsp3) is 0.684. The average Bonchev–Trinajstić information content (AvgIpc) is 2.58. The molecule has 2 aliphatic rings. The highest BCUT2D eigenvalue weighted by Crippen LogP contribution is 2.30. The Hall–Kier alpha value is -0.550. The third kappa shape index (κ3) is 4.96. The number of piperidine rings is 1. The van der Waals surface area contributed by atoms with Gasteiger partial charge in [0.05, 0.1) is 13.2 Å². The number of hydrogen-bond donors (Lipinski definition) is 0. The molecule has 0 saturated carbocycles. The van der Waals surface area contributed by atoms with E-state index < -0.39 is 0 Å². The zero-order chi connectivity index (χ0) is 16.1. The van der Waals surface area contributed by atoms with Crippen molar-refractivity contribution >= 4 is 11.9 Å². The minimum atomic E-state index is 0.802. The molecule has 128 valence electrons. The Morgan fingerprint density at radius 1 is 1.17 bits per heavy atom. The van der Waals surface area contributed by atoms with Crippen molar-refractivity contribution in [3.63, 3.8) is 0 Å². The van der Waals surface area contributed by atoms with Crippen molar-refractivity contribution in [1.29, 1.82) is 0 Å². The Morgan fingerprint density at radius 3 is 2.74 bits per heavy atom. The molecule has 0 aromatic heterocycles. The first kappa shape index (κ1) is 17.3. The fourth-order valence-corrected chi connectivity index (χ4v) is 4.52. The highest BCUT2D eigenvalue weighted by Gasteiger charge is 2.23. The van der Waals surface area contributed by atoms with E-state index in [1.807, 2.05) is 11.9 Å². The van der Waals surface area contributed by atoms with E-state index in [2.05, 4.69) is 47.3 Å². The van der Waals surface area contributed by atoms with Crippen molar-refractivity contribution < 1.29 is 4.74 Å². The maximum atomic E-state index is 5.46. The lowest BCUT2D eigenvalue weighted by molar-refractivity contribution is 0.0773. The first-order valence-corrected chi connectivity index (χ1v) is 9.80. The summed E-state index contributed by atoms with van der Waals surface area (Å²) < 4.78 is 7.90. The van der Waals surface area contributed by atoms with Crippen LogP contribution < -0.4 is 0 Å². The standard InChI is InChI=1S/C19H30N2OS/c1-16(2)17-7-5-9-20(14-17)15-18-6-3-4-8-19(18)23-21-10-12-22-13-11-21/h3-4,6,8,16-17H,5,7,9-15H2,1-2H3. The Balaban J connectivity index is 1.63. The quantitative estimate of drug-likeness (QED) is 0.759. The van der Waals surface area contributed by atoms with Gasteiger partial charge in [-0.25, -0.2) is 4.31 Å². The summed E-state index contributed by atoms with van der Waals surface area (Å²) in [6.07, 6.45) is 2.75. The van der Waals surface area contributed by atoms with Crippen LogP contribution in [0.1, 0.15) is 32.3 Å². The summed E-state index contributed by atoms with van der Waals surface area (Å²) in [6.45, 7) is 12.1. The molecule has 3 nitrogen and oxygen atoms in total. The molecule has 2 saturated heterocycles. The highest BCUT2D eigenvalue weighted by atomic mass is 32.2. The van der Waals surface area contributed by atoms with Crippen molar-refractivity contribution in [2.24, 2.45) is 11.8 Å². The predicted octanol–water partition coefficient (Wildman–Crippen LogP) is 3.89. The van der Waals surface area contributed by atoms with Gasteiger partial charge in [-0.3, -0.25) is 4.90 Å². The molecule has 1 aromatic carbocycles. The molecule has 0 bridgehead atoms. The maximum absolute atomic E-state index is 5.46. The second-order valence-electron chi connectivity index (χ2n) is 7.12. The molecule has 0 amide bonds. The molecule has 2 fully saturated rings. The first-order chi connectivity index (χ1) is 11.2. The van der Waals surface area contributed by atoms with E-state index in [9.17, 15) is 0 Å². The molecule has 4 heteroatoms. The average molecular weight is 335 g/mol. The molecule has 3 rings (SSSR count). The van der Waals surface area contributed by atoms with Crippen molar-refractivity contribution in [1.82, 2.24) is 9.21 Å². The summed E-state index contributed by atoms with van der Waals surface area (Å²) in [4.78, 5) is 4.08. The zero-order valence-corrected chi connectivity index (χ0v) is 15.4. The molecule has 0 spiro atoms. The summed E-state index contributed by atoms with van der Waals surface area (Å²) in [5.41, 5.74) is 1.48. The van der Waals surface area contributed by atoms with Crippen molar-refractivity contribution in [2.75, 3.05) is 39.4 Å². The number of benzene rings is 1. The van der Waals surface area contributed by atoms with Crippen molar-refractivity contribution in [3.05, 3.63) is 29.8 Å². The van der Waals surface area contributed by atoms with Crippen LogP contribution >= 0.6 is 11.9 Å². The number of rotatable bonds is 5. The largest absolute Gasteiger partial charge is 0.379 e. The zero-order valence-electron chi connectivity index (χ0n) is 14.5. The van der Waals surface area contributed by atoms with Crippen LogP contribution in [0.25, 0.3) is 0 Å². The summed E-state index contributed by atoms with van der Waals surface area (Å²) in [5, 5.41) is 0. The van der Waals surface area contributed by atoms with E-state index in [0.29, 0.717) is 0 Å². The second kappa shape index (κ2) is 8.52. The van der Waals surface area contributed by atoms with Crippen LogP contribution in [0.3, 0.4) is 0 Å². The minimum absolute atomic E-state index is 0.802. The molecular weight excluding hydrogens is 304 g/mol. The van der Waals surface area contributed by atoms with Crippen LogP contribution in [-0.2, 0) is 11.3 Å². The van der Waals surface area contributed by atoms with Gasteiger partial charge in [0.25, 0.3) is 0 Å². The maximum Gasteiger partial charge on any atom is 0.0603 e. The monoisotopic (exact) mass is 334 g/mol. The van der Waals surface area contributed by atoms with Crippen LogP contribution in [-0.4, -0.2) is 48.6 Å². The van der Waals surface area contributed by atoms with Gasteiger partial charge in [-0.1, -0.05) is 32.0 Å². The first-order valence-electron chi connectivity index (χ1n) is 9.03. The Bertz CT molecular complexity index is 488. The second-order valence-corrected chi connectivity index (χ2v) is 8.26. The molecule has 0 aliphatic carbocycles. The summed E-state index contributed by atoms with van der Waals surface area (Å²) in [5.74, 6) is 1.67. The van der Waals surface area contributed by atoms with E-state index >= 15 is 0 Å². The molecule has 2 heterocycles. The van der Waals surface area contributed by atoms with Crippen LogP contribution in [0.5, 0.6) is 0 Å². The van der Waals surface area contributed by atoms with E-state index in [-0.39, 0.29) is 0 Å². The van der Waals surface area contributed by atoms with Gasteiger partial charge in [0.15, 0.2) is 0 Å². The topological polar surface area (TPSA) is 15.7 Å². The molecule has 1 unspecified atom stereocenters. The Kier molecular flexibility index (Phi) is 6.40. The molecule has 2 aliphatic heterocycles. The summed E-state index contributed by atoms with van der Waals surface area (Å²) in [7, 11) is 0. The molecular formula is C19H30N2OS. The third-order valence-corrected chi connectivity index (χ3v) is 6.27. The predicted molar refractivity (Wildman–Crippen MR) is 97.5 cm³/mol.